The van der Waals surface area contributed by atoms with Gasteiger partial charge in [-0.1, -0.05) is 23.7 Å². The van der Waals surface area contributed by atoms with Gasteiger partial charge in [0.15, 0.2) is 0 Å². The molecule has 1 aromatic rings. The molecule has 3 fully saturated rings. The number of likely N-dealkylation sites (tertiary alicyclic amines) is 3. The van der Waals surface area contributed by atoms with Gasteiger partial charge in [0.1, 0.15) is 0 Å². The number of piperidine rings is 2. The number of rotatable bonds is 6. The fourth-order valence-electron chi connectivity index (χ4n) is 6.27. The van der Waals surface area contributed by atoms with E-state index in [-0.39, 0.29) is 47.6 Å². The molecule has 1 unspecified atom stereocenters. The van der Waals surface area contributed by atoms with Crippen LogP contribution in [0.1, 0.15) is 57.9 Å². The van der Waals surface area contributed by atoms with Crippen LogP contribution in [0.15, 0.2) is 24.3 Å². The third-order valence-electron chi connectivity index (χ3n) is 8.46. The molecule has 1 N–H and O–H groups in total. The second kappa shape index (κ2) is 11.9. The van der Waals surface area contributed by atoms with E-state index in [1.165, 1.54) is 4.90 Å². The number of carbonyl (C=O) groups is 4. The third-order valence-corrected chi connectivity index (χ3v) is 8.71. The Balaban J connectivity index is 1.39. The topological polar surface area (TPSA) is 101 Å². The summed E-state index contributed by atoms with van der Waals surface area (Å²) in [5, 5.41) is 10.4. The quantitative estimate of drug-likeness (QED) is 0.588. The Kier molecular flexibility index (Phi) is 8.85. The third kappa shape index (κ3) is 5.92. The van der Waals surface area contributed by atoms with Crippen LogP contribution in [-0.2, 0) is 14.4 Å². The predicted molar refractivity (Wildman–Crippen MR) is 144 cm³/mol. The van der Waals surface area contributed by atoms with Crippen molar-refractivity contribution in [2.24, 2.45) is 11.8 Å². The van der Waals surface area contributed by atoms with E-state index >= 15 is 0 Å². The molecule has 0 aromatic heterocycles. The number of halogens is 1. The summed E-state index contributed by atoms with van der Waals surface area (Å²) in [4.78, 5) is 57.8. The lowest BCUT2D eigenvalue weighted by Crippen LogP contribution is -2.51. The number of hydrogen-bond acceptors (Lipinski definition) is 4. The zero-order chi connectivity index (χ0) is 27.6. The van der Waals surface area contributed by atoms with Crippen LogP contribution in [-0.4, -0.2) is 99.9 Å². The van der Waals surface area contributed by atoms with Gasteiger partial charge in [0.2, 0.25) is 17.7 Å². The molecule has 0 saturated carbocycles. The van der Waals surface area contributed by atoms with Crippen molar-refractivity contribution in [3.05, 3.63) is 34.9 Å². The first-order valence-electron chi connectivity index (χ1n) is 13.7. The van der Waals surface area contributed by atoms with E-state index in [1.807, 2.05) is 42.7 Å². The molecule has 9 nitrogen and oxygen atoms in total. The van der Waals surface area contributed by atoms with Gasteiger partial charge in [-0.2, -0.15) is 0 Å². The first-order chi connectivity index (χ1) is 18.1. The molecule has 10 heteroatoms. The minimum Gasteiger partial charge on any atom is -0.465 e. The normalized spacial score (nSPS) is 24.7. The zero-order valence-corrected chi connectivity index (χ0v) is 23.3. The maximum Gasteiger partial charge on any atom is 0.407 e. The van der Waals surface area contributed by atoms with Crippen LogP contribution in [0.2, 0.25) is 5.02 Å². The molecule has 3 atom stereocenters. The summed E-state index contributed by atoms with van der Waals surface area (Å²) in [5.74, 6) is -0.278. The molecule has 0 radical (unpaired) electrons. The van der Waals surface area contributed by atoms with Crippen LogP contribution in [0, 0.1) is 11.8 Å². The van der Waals surface area contributed by atoms with Crippen LogP contribution in [0.4, 0.5) is 4.79 Å². The number of nitrogens with zero attached hydrogens (tertiary/aromatic N) is 4. The van der Waals surface area contributed by atoms with Crippen molar-refractivity contribution in [3.63, 3.8) is 0 Å². The largest absolute Gasteiger partial charge is 0.465 e. The first kappa shape index (κ1) is 28.2. The molecule has 0 spiro atoms. The van der Waals surface area contributed by atoms with Crippen LogP contribution >= 0.6 is 11.6 Å². The van der Waals surface area contributed by atoms with Crippen LogP contribution in [0.25, 0.3) is 0 Å². The summed E-state index contributed by atoms with van der Waals surface area (Å²) in [6.45, 7) is 8.41. The van der Waals surface area contributed by atoms with Gasteiger partial charge >= 0.3 is 6.09 Å². The molecule has 4 rings (SSSR count). The van der Waals surface area contributed by atoms with Crippen LogP contribution in [0.3, 0.4) is 0 Å². The molecule has 38 heavy (non-hydrogen) atoms. The molecule has 0 aliphatic carbocycles. The molecule has 208 valence electrons. The van der Waals surface area contributed by atoms with Crippen molar-refractivity contribution in [3.8, 4) is 0 Å². The fourth-order valence-corrected chi connectivity index (χ4v) is 6.39. The van der Waals surface area contributed by atoms with Gasteiger partial charge in [-0.05, 0) is 57.7 Å². The van der Waals surface area contributed by atoms with E-state index in [2.05, 4.69) is 0 Å². The summed E-state index contributed by atoms with van der Waals surface area (Å²) in [6.07, 6.45) is 1.18. The van der Waals surface area contributed by atoms with Gasteiger partial charge in [0, 0.05) is 68.6 Å². The van der Waals surface area contributed by atoms with Gasteiger partial charge in [-0.3, -0.25) is 14.4 Å². The second-order valence-electron chi connectivity index (χ2n) is 11.0. The van der Waals surface area contributed by atoms with E-state index in [0.29, 0.717) is 70.0 Å². The monoisotopic (exact) mass is 546 g/mol. The van der Waals surface area contributed by atoms with Gasteiger partial charge in [0.25, 0.3) is 0 Å². The van der Waals surface area contributed by atoms with E-state index in [1.54, 1.807) is 17.0 Å². The lowest BCUT2D eigenvalue weighted by molar-refractivity contribution is -0.147. The number of carboxylic acid groups (broad SMARTS) is 1. The molecule has 3 saturated heterocycles. The van der Waals surface area contributed by atoms with E-state index in [4.69, 9.17) is 11.6 Å². The molecule has 3 aliphatic rings. The van der Waals surface area contributed by atoms with Crippen LogP contribution < -0.4 is 0 Å². The predicted octanol–water partition coefficient (Wildman–Crippen LogP) is 3.52. The zero-order valence-electron chi connectivity index (χ0n) is 22.5. The number of amides is 4. The summed E-state index contributed by atoms with van der Waals surface area (Å²) in [6, 6.07) is 7.16. The first-order valence-corrected chi connectivity index (χ1v) is 14.1. The fraction of sp³-hybridized carbons (Fsp3) is 0.643. The standard InChI is InChI=1S/C28H39ClN4O5/c1-4-32(28(37)38)24-17-31(16-23(24)19-5-8-22(29)9-6-19)26(35)20-11-13-30(14-12-20)27(36)21-7-10-25(34)33(15-21)18(2)3/h5-6,8-9,18,20-21,23-24H,4,7,10-17H2,1-3H3,(H,37,38)/t21?,23-,24+/m0/s1. The van der Waals surface area contributed by atoms with Gasteiger partial charge in [-0.15, -0.1) is 0 Å². The van der Waals surface area contributed by atoms with Crippen molar-refractivity contribution in [1.29, 1.82) is 0 Å². The Morgan fingerprint density at radius 3 is 2.18 bits per heavy atom. The second-order valence-corrected chi connectivity index (χ2v) is 11.4. The lowest BCUT2D eigenvalue weighted by Gasteiger charge is -2.39. The smallest absolute Gasteiger partial charge is 0.407 e. The van der Waals surface area contributed by atoms with E-state index in [0.717, 1.165) is 5.56 Å². The SMILES string of the molecule is CCN(C(=O)O)[C@@H]1CN(C(=O)C2CCN(C(=O)C3CCC(=O)N(C(C)C)C3)CC2)C[C@H]1c1ccc(Cl)cc1. The molecule has 3 aliphatic heterocycles. The molecule has 1 aromatic carbocycles. The van der Waals surface area contributed by atoms with Crippen LogP contribution in [0.5, 0.6) is 0 Å². The van der Waals surface area contributed by atoms with Crippen molar-refractivity contribution < 1.29 is 24.3 Å². The highest BCUT2D eigenvalue weighted by Crippen LogP contribution is 2.34. The molecular weight excluding hydrogens is 508 g/mol. The van der Waals surface area contributed by atoms with Gasteiger partial charge in [-0.25, -0.2) is 4.79 Å². The number of likely N-dealkylation sites (N-methyl/N-ethyl adjacent to an activating group) is 1. The average molecular weight is 547 g/mol. The lowest BCUT2D eigenvalue weighted by atomic mass is 9.91. The number of hydrogen-bond donors (Lipinski definition) is 1. The Bertz CT molecular complexity index is 1040. The molecule has 4 amide bonds. The molecule has 3 heterocycles. The van der Waals surface area contributed by atoms with Crippen molar-refractivity contribution >= 4 is 35.4 Å². The number of carbonyl (C=O) groups excluding carboxylic acids is 3. The van der Waals surface area contributed by atoms with Gasteiger partial charge in [0.05, 0.1) is 12.0 Å². The van der Waals surface area contributed by atoms with E-state index in [9.17, 15) is 24.3 Å². The molecular formula is C28H39ClN4O5. The highest BCUT2D eigenvalue weighted by atomic mass is 35.5. The highest BCUT2D eigenvalue weighted by molar-refractivity contribution is 6.30. The summed E-state index contributed by atoms with van der Waals surface area (Å²) in [5.41, 5.74) is 0.969. The number of benzene rings is 1. The van der Waals surface area contributed by atoms with Crippen molar-refractivity contribution in [2.75, 3.05) is 39.3 Å². The van der Waals surface area contributed by atoms with E-state index < -0.39 is 6.09 Å². The summed E-state index contributed by atoms with van der Waals surface area (Å²) < 4.78 is 0. The maximum atomic E-state index is 13.6. The Morgan fingerprint density at radius 2 is 1.61 bits per heavy atom. The Morgan fingerprint density at radius 1 is 0.974 bits per heavy atom. The maximum absolute atomic E-state index is 13.6. The average Bonchev–Trinajstić information content (AvgIpc) is 3.33. The Labute approximate surface area is 229 Å². The van der Waals surface area contributed by atoms with Gasteiger partial charge < -0.3 is 24.7 Å². The molecule has 0 bridgehead atoms. The Hall–Kier alpha value is -2.81. The summed E-state index contributed by atoms with van der Waals surface area (Å²) >= 11 is 6.07. The van der Waals surface area contributed by atoms with Crippen molar-refractivity contribution in [2.45, 2.75) is 64.5 Å². The highest BCUT2D eigenvalue weighted by Gasteiger charge is 2.43. The minimum atomic E-state index is -0.988. The van der Waals surface area contributed by atoms with Crippen molar-refractivity contribution in [1.82, 2.24) is 19.6 Å². The minimum absolute atomic E-state index is 0.0363. The summed E-state index contributed by atoms with van der Waals surface area (Å²) in [7, 11) is 0.